The fourth-order valence-corrected chi connectivity index (χ4v) is 4.31. The lowest BCUT2D eigenvalue weighted by atomic mass is 10.2. The first-order valence-electron chi connectivity index (χ1n) is 7.94. The Bertz CT molecular complexity index is 767. The number of likely N-dealkylation sites (tertiary alicyclic amines) is 1. The highest BCUT2D eigenvalue weighted by atomic mass is 35.5. The van der Waals surface area contributed by atoms with E-state index in [1.165, 1.54) is 11.3 Å². The molecule has 7 nitrogen and oxygen atoms in total. The summed E-state index contributed by atoms with van der Waals surface area (Å²) in [5, 5.41) is 0.800. The molecule has 1 aliphatic rings. The molecule has 0 aliphatic carbocycles. The van der Waals surface area contributed by atoms with Crippen molar-refractivity contribution in [3.63, 3.8) is 0 Å². The average molecular weight is 387 g/mol. The van der Waals surface area contributed by atoms with Crippen LogP contribution in [0.15, 0.2) is 0 Å². The number of aromatic nitrogens is 2. The van der Waals surface area contributed by atoms with E-state index in [9.17, 15) is 4.79 Å². The smallest absolute Gasteiger partial charge is 0.264 e. The molecular weight excluding hydrogens is 364 g/mol. The zero-order valence-electron chi connectivity index (χ0n) is 14.6. The number of carbonyl (C=O) groups is 1. The first kappa shape index (κ1) is 19.8. The Kier molecular flexibility index (Phi) is 6.56. The molecule has 25 heavy (non-hydrogen) atoms. The highest BCUT2D eigenvalue weighted by Crippen LogP contribution is 2.36. The molecule has 0 saturated carbocycles. The van der Waals surface area contributed by atoms with Crippen molar-refractivity contribution in [3.05, 3.63) is 16.3 Å². The van der Waals surface area contributed by atoms with Crippen LogP contribution in [0, 0.1) is 6.92 Å². The fraction of sp³-hybridized carbons (Fsp3) is 0.562. The van der Waals surface area contributed by atoms with Crippen molar-refractivity contribution in [2.24, 2.45) is 5.73 Å². The quantitative estimate of drug-likeness (QED) is 0.846. The zero-order valence-corrected chi connectivity index (χ0v) is 16.2. The van der Waals surface area contributed by atoms with E-state index in [1.54, 1.807) is 14.2 Å². The molecule has 0 spiro atoms. The molecule has 1 aliphatic heterocycles. The van der Waals surface area contributed by atoms with Gasteiger partial charge >= 0.3 is 0 Å². The third-order valence-electron chi connectivity index (χ3n) is 4.37. The monoisotopic (exact) mass is 386 g/mol. The number of aryl methyl sites for hydroxylation is 1. The zero-order chi connectivity index (χ0) is 17.3. The van der Waals surface area contributed by atoms with Gasteiger partial charge in [0.15, 0.2) is 5.82 Å². The molecule has 3 rings (SSSR count). The van der Waals surface area contributed by atoms with Crippen molar-refractivity contribution < 1.29 is 14.3 Å². The number of rotatable bonds is 5. The van der Waals surface area contributed by atoms with Crippen molar-refractivity contribution in [2.75, 3.05) is 27.3 Å². The van der Waals surface area contributed by atoms with E-state index in [0.29, 0.717) is 29.7 Å². The Morgan fingerprint density at radius 3 is 2.80 bits per heavy atom. The molecule has 2 N–H and O–H groups in total. The minimum atomic E-state index is 0. The molecule has 2 aromatic heterocycles. The summed E-state index contributed by atoms with van der Waals surface area (Å²) in [6.07, 6.45) is 1.96. The number of halogens is 1. The number of hydrogen-bond donors (Lipinski definition) is 1. The van der Waals surface area contributed by atoms with Gasteiger partial charge in [-0.25, -0.2) is 4.98 Å². The molecule has 3 heterocycles. The lowest BCUT2D eigenvalue weighted by Gasteiger charge is -2.23. The first-order valence-corrected chi connectivity index (χ1v) is 8.76. The van der Waals surface area contributed by atoms with Crippen molar-refractivity contribution in [3.8, 4) is 5.88 Å². The average Bonchev–Trinajstić information content (AvgIpc) is 3.18. The van der Waals surface area contributed by atoms with Gasteiger partial charge in [-0.05, 0) is 25.3 Å². The Labute approximate surface area is 156 Å². The maximum atomic E-state index is 13.0. The molecule has 9 heteroatoms. The molecule has 1 unspecified atom stereocenters. The van der Waals surface area contributed by atoms with Crippen LogP contribution in [0.2, 0.25) is 0 Å². The van der Waals surface area contributed by atoms with E-state index >= 15 is 0 Å². The number of hydrogen-bond acceptors (Lipinski definition) is 7. The van der Waals surface area contributed by atoms with Crippen molar-refractivity contribution >= 4 is 39.9 Å². The van der Waals surface area contributed by atoms with Crippen molar-refractivity contribution in [1.82, 2.24) is 14.9 Å². The molecule has 1 fully saturated rings. The molecular formula is C16H23ClN4O3S. The highest BCUT2D eigenvalue weighted by Gasteiger charge is 2.31. The maximum Gasteiger partial charge on any atom is 0.264 e. The Morgan fingerprint density at radius 1 is 1.40 bits per heavy atom. The summed E-state index contributed by atoms with van der Waals surface area (Å²) in [5.74, 6) is 1.05. The van der Waals surface area contributed by atoms with Crippen LogP contribution in [-0.4, -0.2) is 54.1 Å². The maximum absolute atomic E-state index is 13.0. The second-order valence-corrected chi connectivity index (χ2v) is 6.85. The Hall–Kier alpha value is -1.48. The van der Waals surface area contributed by atoms with E-state index in [4.69, 9.17) is 15.2 Å². The van der Waals surface area contributed by atoms with Gasteiger partial charge in [-0.2, -0.15) is 4.98 Å². The van der Waals surface area contributed by atoms with Crippen molar-refractivity contribution in [2.45, 2.75) is 32.4 Å². The van der Waals surface area contributed by atoms with Crippen LogP contribution in [0.3, 0.4) is 0 Å². The predicted molar refractivity (Wildman–Crippen MR) is 99.8 cm³/mol. The third-order valence-corrected chi connectivity index (χ3v) is 5.55. The number of nitrogens with two attached hydrogens (primary N) is 1. The summed E-state index contributed by atoms with van der Waals surface area (Å²) in [6, 6.07) is 0.124. The first-order chi connectivity index (χ1) is 11.6. The van der Waals surface area contributed by atoms with Gasteiger partial charge in [0, 0.05) is 26.2 Å². The molecule has 0 aromatic carbocycles. The fourth-order valence-electron chi connectivity index (χ4n) is 3.17. The number of carbonyl (C=O) groups excluding carboxylic acids is 1. The van der Waals surface area contributed by atoms with E-state index < -0.39 is 0 Å². The SMILES string of the molecule is COCc1nc(OC)c2c(C)c(C(=O)N3CCCC3CN)sc2n1.Cl. The van der Waals surface area contributed by atoms with Crippen LogP contribution in [0.5, 0.6) is 5.88 Å². The highest BCUT2D eigenvalue weighted by molar-refractivity contribution is 7.20. The minimum Gasteiger partial charge on any atom is -0.480 e. The molecule has 1 saturated heterocycles. The Morgan fingerprint density at radius 2 is 2.16 bits per heavy atom. The van der Waals surface area contributed by atoms with Crippen LogP contribution in [-0.2, 0) is 11.3 Å². The van der Waals surface area contributed by atoms with Gasteiger partial charge in [0.25, 0.3) is 5.91 Å². The number of ether oxygens (including phenoxy) is 2. The largest absolute Gasteiger partial charge is 0.480 e. The van der Waals surface area contributed by atoms with E-state index in [1.807, 2.05) is 11.8 Å². The van der Waals surface area contributed by atoms with Crippen LogP contribution >= 0.6 is 23.7 Å². The summed E-state index contributed by atoms with van der Waals surface area (Å²) in [6.45, 7) is 3.47. The van der Waals surface area contributed by atoms with E-state index in [2.05, 4.69) is 9.97 Å². The normalized spacial score (nSPS) is 17.0. The van der Waals surface area contributed by atoms with E-state index in [0.717, 1.165) is 35.2 Å². The number of fused-ring (bicyclic) bond motifs is 1. The minimum absolute atomic E-state index is 0. The topological polar surface area (TPSA) is 90.6 Å². The Balaban J connectivity index is 0.00000225. The molecule has 1 atom stereocenters. The number of amides is 1. The summed E-state index contributed by atoms with van der Waals surface area (Å²) < 4.78 is 10.5. The van der Waals surface area contributed by atoms with Crippen molar-refractivity contribution in [1.29, 1.82) is 0 Å². The summed E-state index contributed by atoms with van der Waals surface area (Å²) >= 11 is 1.38. The second kappa shape index (κ2) is 8.27. The predicted octanol–water partition coefficient (Wildman–Crippen LogP) is 2.14. The third kappa shape index (κ3) is 3.57. The molecule has 0 bridgehead atoms. The standard InChI is InChI=1S/C16H22N4O3S.ClH/c1-9-12-14(23-3)18-11(8-22-2)19-15(12)24-13(9)16(21)20-6-4-5-10(20)7-17;/h10H,4-8,17H2,1-3H3;1H. The number of thiophene rings is 1. The molecule has 2 aromatic rings. The molecule has 138 valence electrons. The lowest BCUT2D eigenvalue weighted by Crippen LogP contribution is -2.39. The van der Waals surface area contributed by atoms with Crippen LogP contribution < -0.4 is 10.5 Å². The lowest BCUT2D eigenvalue weighted by molar-refractivity contribution is 0.0745. The summed E-state index contributed by atoms with van der Waals surface area (Å²) in [7, 11) is 3.16. The van der Waals surface area contributed by atoms with Crippen LogP contribution in [0.4, 0.5) is 0 Å². The van der Waals surface area contributed by atoms with Gasteiger partial charge < -0.3 is 20.1 Å². The molecule has 1 amide bonds. The summed E-state index contributed by atoms with van der Waals surface area (Å²) in [4.78, 5) is 25.2. The van der Waals surface area contributed by atoms with Gasteiger partial charge in [0.2, 0.25) is 5.88 Å². The number of nitrogens with zero attached hydrogens (tertiary/aromatic N) is 3. The van der Waals surface area contributed by atoms with E-state index in [-0.39, 0.29) is 24.4 Å². The summed E-state index contributed by atoms with van der Waals surface area (Å²) in [5.41, 5.74) is 6.67. The van der Waals surface area contributed by atoms with Crippen LogP contribution in [0.25, 0.3) is 10.2 Å². The number of methoxy groups -OCH3 is 2. The second-order valence-electron chi connectivity index (χ2n) is 5.85. The van der Waals surface area contributed by atoms with Crippen LogP contribution in [0.1, 0.15) is 33.9 Å². The van der Waals surface area contributed by atoms with Gasteiger partial charge in [-0.3, -0.25) is 4.79 Å². The van der Waals surface area contributed by atoms with Gasteiger partial charge in [-0.1, -0.05) is 0 Å². The molecule has 0 radical (unpaired) electrons. The van der Waals surface area contributed by atoms with Gasteiger partial charge in [0.05, 0.1) is 17.4 Å². The van der Waals surface area contributed by atoms with Gasteiger partial charge in [-0.15, -0.1) is 23.7 Å². The van der Waals surface area contributed by atoms with Gasteiger partial charge in [0.1, 0.15) is 11.4 Å².